The van der Waals surface area contributed by atoms with Crippen LogP contribution in [0.4, 0.5) is 5.82 Å². The molecule has 39 heavy (non-hydrogen) atoms. The molecule has 13 heteroatoms. The molecule has 0 amide bonds. The average molecular weight is 544 g/mol. The van der Waals surface area contributed by atoms with Gasteiger partial charge >= 0.3 is 11.9 Å². The maximum Gasteiger partial charge on any atom is 0.311 e. The molecule has 0 aliphatic carbocycles. The Bertz CT molecular complexity index is 1300. The van der Waals surface area contributed by atoms with Gasteiger partial charge in [0.05, 0.1) is 13.4 Å². The predicted octanol–water partition coefficient (Wildman–Crippen LogP) is 2.12. The minimum absolute atomic E-state index is 0.179. The molecule has 1 aromatic carbocycles. The molecule has 4 atom stereocenters. The van der Waals surface area contributed by atoms with E-state index in [0.717, 1.165) is 5.56 Å². The van der Waals surface area contributed by atoms with Gasteiger partial charge in [-0.2, -0.15) is 0 Å². The van der Waals surface area contributed by atoms with Crippen molar-refractivity contribution in [1.29, 1.82) is 0 Å². The van der Waals surface area contributed by atoms with Crippen molar-refractivity contribution in [2.24, 2.45) is 0 Å². The van der Waals surface area contributed by atoms with Crippen LogP contribution in [-0.2, 0) is 25.6 Å². The van der Waals surface area contributed by atoms with E-state index < -0.39 is 30.5 Å². The van der Waals surface area contributed by atoms with E-state index in [2.05, 4.69) is 20.3 Å². The van der Waals surface area contributed by atoms with Crippen molar-refractivity contribution in [1.82, 2.24) is 19.5 Å². The van der Waals surface area contributed by atoms with Crippen molar-refractivity contribution in [2.75, 3.05) is 19.0 Å². The lowest BCUT2D eigenvalue weighted by atomic mass is 10.1. The van der Waals surface area contributed by atoms with Crippen molar-refractivity contribution in [2.45, 2.75) is 70.6 Å². The fourth-order valence-electron chi connectivity index (χ4n) is 4.19. The lowest BCUT2D eigenvalue weighted by molar-refractivity contribution is -0.150. The Labute approximate surface area is 225 Å². The molecule has 2 aromatic heterocycles. The number of carbonyl (C=O) groups is 2. The summed E-state index contributed by atoms with van der Waals surface area (Å²) in [5.74, 6) is 0.491. The Morgan fingerprint density at radius 1 is 1.05 bits per heavy atom. The largest absolute Gasteiger partial charge is 0.493 e. The Hall–Kier alpha value is -3.81. The normalized spacial score (nSPS) is 20.6. The number of nitrogens with one attached hydrogen (secondary N) is 1. The number of methoxy groups -OCH3 is 1. The molecule has 0 saturated carbocycles. The number of carbonyl (C=O) groups excluding carboxylic acids is 2. The number of imidazole rings is 1. The summed E-state index contributed by atoms with van der Waals surface area (Å²) in [5, 5.41) is 24.3. The number of aliphatic hydroxyl groups is 2. The Morgan fingerprint density at radius 3 is 2.56 bits per heavy atom. The highest BCUT2D eigenvalue weighted by molar-refractivity contribution is 5.82. The van der Waals surface area contributed by atoms with Gasteiger partial charge in [0.2, 0.25) is 0 Å². The molecule has 1 saturated heterocycles. The highest BCUT2D eigenvalue weighted by Crippen LogP contribution is 2.33. The first-order valence-corrected chi connectivity index (χ1v) is 12.8. The molecule has 0 radical (unpaired) electrons. The predicted molar refractivity (Wildman–Crippen MR) is 138 cm³/mol. The third-order valence-corrected chi connectivity index (χ3v) is 6.20. The summed E-state index contributed by atoms with van der Waals surface area (Å²) in [5.41, 5.74) is 1.65. The summed E-state index contributed by atoms with van der Waals surface area (Å²) in [6.45, 7) is 3.93. The van der Waals surface area contributed by atoms with Crippen LogP contribution in [0.1, 0.15) is 51.3 Å². The SMILES string of the molecule is CCCC(=O)OC[C@H]1O[C@@H](n2cnc3c(NCc4ccc(OC(=O)CCC)c(OC)c4)ncnc32)C(O)C1O. The number of aliphatic hydroxyl groups excluding tert-OH is 2. The number of rotatable bonds is 12. The Morgan fingerprint density at radius 2 is 1.82 bits per heavy atom. The number of esters is 2. The average Bonchev–Trinajstić information content (AvgIpc) is 3.48. The lowest BCUT2D eigenvalue weighted by Gasteiger charge is -2.16. The molecule has 210 valence electrons. The van der Waals surface area contributed by atoms with Crippen LogP contribution >= 0.6 is 0 Å². The fourth-order valence-corrected chi connectivity index (χ4v) is 4.19. The zero-order valence-corrected chi connectivity index (χ0v) is 22.1. The maximum absolute atomic E-state index is 11.9. The molecule has 4 rings (SSSR count). The molecule has 0 spiro atoms. The van der Waals surface area contributed by atoms with E-state index in [1.165, 1.54) is 24.3 Å². The van der Waals surface area contributed by atoms with Gasteiger partial charge in [0.15, 0.2) is 34.7 Å². The number of hydrogen-bond donors (Lipinski definition) is 3. The van der Waals surface area contributed by atoms with E-state index in [0.29, 0.717) is 54.3 Å². The number of aromatic nitrogens is 4. The van der Waals surface area contributed by atoms with Gasteiger partial charge in [-0.3, -0.25) is 14.2 Å². The number of ether oxygens (including phenoxy) is 4. The first kappa shape index (κ1) is 28.2. The topological polar surface area (TPSA) is 167 Å². The second-order valence-electron chi connectivity index (χ2n) is 9.09. The van der Waals surface area contributed by atoms with Crippen LogP contribution in [-0.4, -0.2) is 73.7 Å². The molecule has 1 fully saturated rings. The monoisotopic (exact) mass is 543 g/mol. The maximum atomic E-state index is 11.9. The summed E-state index contributed by atoms with van der Waals surface area (Å²) in [4.78, 5) is 36.5. The minimum Gasteiger partial charge on any atom is -0.493 e. The van der Waals surface area contributed by atoms with E-state index >= 15 is 0 Å². The van der Waals surface area contributed by atoms with E-state index in [9.17, 15) is 19.8 Å². The third-order valence-electron chi connectivity index (χ3n) is 6.20. The van der Waals surface area contributed by atoms with Crippen molar-refractivity contribution in [3.8, 4) is 11.5 Å². The van der Waals surface area contributed by atoms with Crippen molar-refractivity contribution >= 4 is 28.9 Å². The molecule has 1 aliphatic heterocycles. The van der Waals surface area contributed by atoms with Gasteiger partial charge in [-0.05, 0) is 30.5 Å². The summed E-state index contributed by atoms with van der Waals surface area (Å²) in [7, 11) is 1.50. The Kier molecular flexibility index (Phi) is 9.28. The number of benzene rings is 1. The molecule has 1 aliphatic rings. The fraction of sp³-hybridized carbons (Fsp3) is 0.500. The van der Waals surface area contributed by atoms with Crippen LogP contribution in [0.15, 0.2) is 30.9 Å². The highest BCUT2D eigenvalue weighted by atomic mass is 16.6. The molecule has 3 N–H and O–H groups in total. The number of hydrogen-bond acceptors (Lipinski definition) is 12. The van der Waals surface area contributed by atoms with Crippen LogP contribution in [0.2, 0.25) is 0 Å². The van der Waals surface area contributed by atoms with Gasteiger partial charge in [0.1, 0.15) is 31.2 Å². The molecule has 0 bridgehead atoms. The van der Waals surface area contributed by atoms with E-state index in [4.69, 9.17) is 18.9 Å². The summed E-state index contributed by atoms with van der Waals surface area (Å²) >= 11 is 0. The highest BCUT2D eigenvalue weighted by Gasteiger charge is 2.45. The second kappa shape index (κ2) is 12.8. The van der Waals surface area contributed by atoms with Crippen molar-refractivity contribution < 1.29 is 38.7 Å². The summed E-state index contributed by atoms with van der Waals surface area (Å²) in [6.07, 6.45) is 0.254. The number of fused-ring (bicyclic) bond motifs is 1. The molecule has 3 heterocycles. The van der Waals surface area contributed by atoms with Crippen molar-refractivity contribution in [3.05, 3.63) is 36.4 Å². The van der Waals surface area contributed by atoms with E-state index in [1.54, 1.807) is 18.2 Å². The third kappa shape index (κ3) is 6.44. The van der Waals surface area contributed by atoms with Crippen LogP contribution in [0.25, 0.3) is 11.2 Å². The van der Waals surface area contributed by atoms with Gasteiger partial charge < -0.3 is 34.5 Å². The molecular weight excluding hydrogens is 510 g/mol. The summed E-state index contributed by atoms with van der Waals surface area (Å²) < 4.78 is 23.3. The van der Waals surface area contributed by atoms with Gasteiger partial charge in [-0.15, -0.1) is 0 Å². The number of anilines is 1. The quantitative estimate of drug-likeness (QED) is 0.225. The standard InChI is InChI=1S/C26H33N5O8/c1-4-6-19(32)37-12-18-22(34)23(35)26(39-18)31-14-30-21-24(28-13-29-25(21)31)27-11-15-8-9-16(17(10-15)36-3)38-20(33)7-5-2/h8-10,13-14,18,22-23,26,34-35H,4-7,11-12H2,1-3H3,(H,27,28,29)/t18-,22?,23?,26-/m1/s1. The molecule has 3 aromatic rings. The second-order valence-corrected chi connectivity index (χ2v) is 9.09. The van der Waals surface area contributed by atoms with Crippen LogP contribution in [0, 0.1) is 0 Å². The van der Waals surface area contributed by atoms with Crippen LogP contribution in [0.5, 0.6) is 11.5 Å². The Balaban J connectivity index is 1.46. The molecular formula is C26H33N5O8. The lowest BCUT2D eigenvalue weighted by Crippen LogP contribution is -2.34. The molecule has 2 unspecified atom stereocenters. The van der Waals surface area contributed by atoms with Gasteiger partial charge in [0, 0.05) is 19.4 Å². The number of nitrogens with zero attached hydrogens (tertiary/aromatic N) is 4. The van der Waals surface area contributed by atoms with E-state index in [-0.39, 0.29) is 19.0 Å². The van der Waals surface area contributed by atoms with E-state index in [1.807, 2.05) is 13.8 Å². The summed E-state index contributed by atoms with van der Waals surface area (Å²) in [6, 6.07) is 5.24. The smallest absolute Gasteiger partial charge is 0.311 e. The van der Waals surface area contributed by atoms with Gasteiger partial charge in [0.25, 0.3) is 0 Å². The molecule has 13 nitrogen and oxygen atoms in total. The van der Waals surface area contributed by atoms with Crippen molar-refractivity contribution in [3.63, 3.8) is 0 Å². The first-order chi connectivity index (χ1) is 18.9. The zero-order chi connectivity index (χ0) is 27.9. The van der Waals surface area contributed by atoms with Gasteiger partial charge in [-0.25, -0.2) is 15.0 Å². The first-order valence-electron chi connectivity index (χ1n) is 12.8. The van der Waals surface area contributed by atoms with Gasteiger partial charge in [-0.1, -0.05) is 19.9 Å². The van der Waals surface area contributed by atoms with Crippen LogP contribution in [0.3, 0.4) is 0 Å². The zero-order valence-electron chi connectivity index (χ0n) is 22.1. The van der Waals surface area contributed by atoms with Crippen LogP contribution < -0.4 is 14.8 Å². The minimum atomic E-state index is -1.29.